The normalized spacial score (nSPS) is 12.6. The quantitative estimate of drug-likeness (QED) is 0.124. The van der Waals surface area contributed by atoms with E-state index in [0.29, 0.717) is 0 Å². The van der Waals surface area contributed by atoms with Crippen LogP contribution in [0.15, 0.2) is 151 Å². The SMILES string of the molecule is C1=C[Si]=C2Cc3ccccc3C2=C1.CCc1cc2c(-c3ccc(C(C)(C)C)cc3)cccc2[cH-]1.CCc1cc2c(-c3ccc(C(C)(C)C)cc3)cccc2[cH-]1.[Cl-].[Cl-].[Zr+4]. The number of aryl methyl sites for hydroxylation is 2. The fourth-order valence-electron chi connectivity index (χ4n) is 7.80. The zero-order chi connectivity index (χ0) is 38.7. The molecular weight excluding hydrogens is 839 g/mol. The van der Waals surface area contributed by atoms with Crippen LogP contribution >= 0.6 is 0 Å². The fraction of sp³-hybridized carbons (Fsp3) is 0.241. The minimum atomic E-state index is 0. The van der Waals surface area contributed by atoms with E-state index in [4.69, 9.17) is 0 Å². The Labute approximate surface area is 382 Å². The standard InChI is InChI=1S/2C21H23.C12H9Si.2ClH.Zr/c2*1-5-15-13-17-7-6-8-19(20(17)14-15)16-9-11-18(12-10-16)21(2,3)4;1-2-5-10-9(4-1)8-12-11(10)6-3-7-13-12;;;/h2*6-14H,5H2,1-4H3;1-7H,8H2;2*1H;/q2*-1;;;;+4/p-2. The fourth-order valence-corrected chi connectivity index (χ4v) is 8.86. The van der Waals surface area contributed by atoms with E-state index in [0.717, 1.165) is 22.0 Å². The van der Waals surface area contributed by atoms with E-state index in [2.05, 4.69) is 207 Å². The summed E-state index contributed by atoms with van der Waals surface area (Å²) in [7, 11) is 0.900. The van der Waals surface area contributed by atoms with Crippen LogP contribution in [-0.4, -0.2) is 14.3 Å². The molecule has 9 rings (SSSR count). The molecular formula is C54H55Cl2SiZr. The van der Waals surface area contributed by atoms with Crippen molar-refractivity contribution < 1.29 is 51.0 Å². The molecule has 2 aliphatic rings. The minimum Gasteiger partial charge on any atom is -1.00 e. The summed E-state index contributed by atoms with van der Waals surface area (Å²) in [5, 5.41) is 7.06. The molecule has 1 radical (unpaired) electrons. The monoisotopic (exact) mass is 891 g/mol. The van der Waals surface area contributed by atoms with E-state index < -0.39 is 0 Å². The predicted molar refractivity (Wildman–Crippen MR) is 244 cm³/mol. The maximum absolute atomic E-state index is 2.34. The maximum Gasteiger partial charge on any atom is 4.00 e. The summed E-state index contributed by atoms with van der Waals surface area (Å²) in [6.07, 6.45) is 7.79. The van der Waals surface area contributed by atoms with Gasteiger partial charge in [0.15, 0.2) is 0 Å². The van der Waals surface area contributed by atoms with Gasteiger partial charge in [0.05, 0.1) is 9.13 Å². The Morgan fingerprint density at radius 3 is 1.45 bits per heavy atom. The van der Waals surface area contributed by atoms with Crippen molar-refractivity contribution in [3.63, 3.8) is 0 Å². The minimum absolute atomic E-state index is 0. The van der Waals surface area contributed by atoms with Gasteiger partial charge < -0.3 is 24.8 Å². The van der Waals surface area contributed by atoms with E-state index in [1.54, 1.807) is 5.17 Å². The van der Waals surface area contributed by atoms with Crippen LogP contribution < -0.4 is 24.8 Å². The number of hydrogen-bond donors (Lipinski definition) is 0. The third-order valence-corrected chi connectivity index (χ3v) is 12.3. The number of halogens is 2. The molecule has 0 nitrogen and oxygen atoms in total. The zero-order valence-electron chi connectivity index (χ0n) is 35.3. The van der Waals surface area contributed by atoms with Crippen LogP contribution in [0.3, 0.4) is 0 Å². The summed E-state index contributed by atoms with van der Waals surface area (Å²) in [6, 6.07) is 49.3. The molecule has 0 aromatic heterocycles. The van der Waals surface area contributed by atoms with Gasteiger partial charge in [-0.25, -0.2) is 0 Å². The van der Waals surface area contributed by atoms with Gasteiger partial charge in [-0.05, 0) is 69.0 Å². The van der Waals surface area contributed by atoms with Crippen LogP contribution in [-0.2, 0) is 56.3 Å². The van der Waals surface area contributed by atoms with Gasteiger partial charge in [0.2, 0.25) is 0 Å². The van der Waals surface area contributed by atoms with Crippen LogP contribution in [0.25, 0.3) is 49.4 Å². The topological polar surface area (TPSA) is 0 Å². The summed E-state index contributed by atoms with van der Waals surface area (Å²) < 4.78 is 0. The summed E-state index contributed by atoms with van der Waals surface area (Å²) in [5.41, 5.74) is 18.0. The van der Waals surface area contributed by atoms with Gasteiger partial charge in [-0.15, -0.1) is 69.1 Å². The van der Waals surface area contributed by atoms with Crippen molar-refractivity contribution in [1.82, 2.24) is 0 Å². The van der Waals surface area contributed by atoms with Gasteiger partial charge >= 0.3 is 26.2 Å². The molecule has 7 aromatic carbocycles. The van der Waals surface area contributed by atoms with E-state index in [-0.39, 0.29) is 61.8 Å². The average molecular weight is 894 g/mol. The molecule has 0 unspecified atom stereocenters. The predicted octanol–water partition coefficient (Wildman–Crippen LogP) is 8.21. The van der Waals surface area contributed by atoms with Crippen molar-refractivity contribution in [3.05, 3.63) is 185 Å². The molecule has 0 saturated heterocycles. The molecule has 4 heteroatoms. The third kappa shape index (κ3) is 10.6. The largest absolute Gasteiger partial charge is 4.00 e. The van der Waals surface area contributed by atoms with Crippen molar-refractivity contribution in [2.75, 3.05) is 0 Å². The third-order valence-electron chi connectivity index (χ3n) is 11.2. The van der Waals surface area contributed by atoms with E-state index in [1.165, 1.54) is 89.2 Å². The number of rotatable bonds is 4. The molecule has 0 N–H and O–H groups in total. The maximum atomic E-state index is 2.34. The van der Waals surface area contributed by atoms with Gasteiger partial charge in [-0.1, -0.05) is 174 Å². The second-order valence-electron chi connectivity index (χ2n) is 17.1. The first-order valence-electron chi connectivity index (χ1n) is 20.1. The number of fused-ring (bicyclic) bond motifs is 5. The Hall–Kier alpha value is -3.65. The smallest absolute Gasteiger partial charge is 1.00 e. The first-order chi connectivity index (χ1) is 26.4. The Balaban J connectivity index is 0.000000192. The summed E-state index contributed by atoms with van der Waals surface area (Å²) >= 11 is 0. The summed E-state index contributed by atoms with van der Waals surface area (Å²) in [6.45, 7) is 18.0. The van der Waals surface area contributed by atoms with Crippen LogP contribution in [0.2, 0.25) is 0 Å². The molecule has 7 aromatic rings. The molecule has 1 aliphatic heterocycles. The van der Waals surface area contributed by atoms with E-state index in [9.17, 15) is 0 Å². The number of benzene rings is 5. The van der Waals surface area contributed by atoms with E-state index >= 15 is 0 Å². The van der Waals surface area contributed by atoms with Crippen molar-refractivity contribution in [3.8, 4) is 22.3 Å². The number of allylic oxidation sites excluding steroid dienone is 3. The molecule has 0 atom stereocenters. The first-order valence-corrected chi connectivity index (χ1v) is 21.2. The molecule has 1 heterocycles. The Kier molecular flexibility index (Phi) is 16.3. The second-order valence-corrected chi connectivity index (χ2v) is 18.3. The van der Waals surface area contributed by atoms with Gasteiger partial charge in [0, 0.05) is 0 Å². The van der Waals surface area contributed by atoms with Crippen molar-refractivity contribution >= 4 is 41.4 Å². The molecule has 0 spiro atoms. The van der Waals surface area contributed by atoms with Gasteiger partial charge in [0.1, 0.15) is 0 Å². The zero-order valence-corrected chi connectivity index (χ0v) is 40.3. The van der Waals surface area contributed by atoms with Gasteiger partial charge in [0.25, 0.3) is 0 Å². The van der Waals surface area contributed by atoms with Crippen LogP contribution in [0, 0.1) is 0 Å². The van der Waals surface area contributed by atoms with Gasteiger partial charge in [-0.3, -0.25) is 0 Å². The van der Waals surface area contributed by atoms with Crippen LogP contribution in [0.1, 0.15) is 88.8 Å². The summed E-state index contributed by atoms with van der Waals surface area (Å²) in [5.74, 6) is 0. The van der Waals surface area contributed by atoms with Crippen LogP contribution in [0.5, 0.6) is 0 Å². The van der Waals surface area contributed by atoms with Crippen molar-refractivity contribution in [1.29, 1.82) is 0 Å². The molecule has 0 bridgehead atoms. The molecule has 1 aliphatic carbocycles. The molecule has 0 saturated carbocycles. The number of hydrogen-bond acceptors (Lipinski definition) is 0. The Morgan fingerprint density at radius 1 is 0.552 bits per heavy atom. The molecule has 0 amide bonds. The second kappa shape index (κ2) is 20.1. The Morgan fingerprint density at radius 2 is 1.00 bits per heavy atom. The van der Waals surface area contributed by atoms with Gasteiger partial charge in [-0.2, -0.15) is 12.1 Å². The molecule has 58 heavy (non-hydrogen) atoms. The van der Waals surface area contributed by atoms with E-state index in [1.807, 2.05) is 0 Å². The summed E-state index contributed by atoms with van der Waals surface area (Å²) in [4.78, 5) is 0. The Bertz CT molecular complexity index is 2390. The first kappa shape index (κ1) is 47.0. The molecule has 293 valence electrons. The molecule has 0 fully saturated rings. The van der Waals surface area contributed by atoms with Crippen molar-refractivity contribution in [2.45, 2.75) is 85.5 Å². The average Bonchev–Trinajstić information content (AvgIpc) is 3.93. The van der Waals surface area contributed by atoms with Crippen molar-refractivity contribution in [2.24, 2.45) is 0 Å². The van der Waals surface area contributed by atoms with Crippen LogP contribution in [0.4, 0.5) is 0 Å².